The molecule has 1 rings (SSSR count). The molecule has 1 saturated heterocycles. The van der Waals surface area contributed by atoms with Crippen molar-refractivity contribution in [1.29, 1.82) is 0 Å². The molecule has 0 aliphatic carbocycles. The number of hydrogen-bond donors (Lipinski definition) is 2. The van der Waals surface area contributed by atoms with Crippen molar-refractivity contribution in [3.8, 4) is 0 Å². The summed E-state index contributed by atoms with van der Waals surface area (Å²) in [6.45, 7) is 7.94. The Morgan fingerprint density at radius 2 is 2.17 bits per heavy atom. The Bertz CT molecular complexity index is 172. The van der Waals surface area contributed by atoms with E-state index in [1.165, 1.54) is 0 Å². The van der Waals surface area contributed by atoms with Crippen molar-refractivity contribution in [2.45, 2.75) is 33.2 Å². The van der Waals surface area contributed by atoms with E-state index in [0.717, 1.165) is 13.0 Å². The molecule has 1 aliphatic heterocycles. The van der Waals surface area contributed by atoms with Crippen LogP contribution in [0.2, 0.25) is 0 Å². The van der Waals surface area contributed by atoms with E-state index >= 15 is 0 Å². The minimum absolute atomic E-state index is 0.121. The Kier molecular flexibility index (Phi) is 2.73. The van der Waals surface area contributed by atoms with Gasteiger partial charge in [0.05, 0.1) is 6.54 Å². The van der Waals surface area contributed by atoms with Crippen molar-refractivity contribution in [1.82, 2.24) is 10.6 Å². The molecule has 1 aliphatic rings. The average Bonchev–Trinajstić information content (AvgIpc) is 1.82. The predicted molar refractivity (Wildman–Crippen MR) is 48.9 cm³/mol. The summed E-state index contributed by atoms with van der Waals surface area (Å²) in [4.78, 5) is 11.0. The van der Waals surface area contributed by atoms with Crippen molar-refractivity contribution in [3.05, 3.63) is 0 Å². The van der Waals surface area contributed by atoms with Crippen LogP contribution in [0.25, 0.3) is 0 Å². The van der Waals surface area contributed by atoms with Gasteiger partial charge in [-0.3, -0.25) is 4.79 Å². The standard InChI is InChI=1S/C9H18N2O/c1-9(2,3)4-7-5-10-6-8(12)11-7/h7,10H,4-6H2,1-3H3,(H,11,12). The summed E-state index contributed by atoms with van der Waals surface area (Å²) < 4.78 is 0. The van der Waals surface area contributed by atoms with Gasteiger partial charge in [-0.1, -0.05) is 20.8 Å². The van der Waals surface area contributed by atoms with Crippen LogP contribution in [0.4, 0.5) is 0 Å². The van der Waals surface area contributed by atoms with Gasteiger partial charge < -0.3 is 10.6 Å². The van der Waals surface area contributed by atoms with Crippen LogP contribution in [-0.2, 0) is 4.79 Å². The van der Waals surface area contributed by atoms with Gasteiger partial charge in [0.1, 0.15) is 0 Å². The molecule has 0 spiro atoms. The Balaban J connectivity index is 2.37. The molecule has 1 atom stereocenters. The monoisotopic (exact) mass is 170 g/mol. The highest BCUT2D eigenvalue weighted by Gasteiger charge is 2.22. The molecule has 0 bridgehead atoms. The summed E-state index contributed by atoms with van der Waals surface area (Å²) in [5.74, 6) is 0.121. The quantitative estimate of drug-likeness (QED) is 0.602. The lowest BCUT2D eigenvalue weighted by molar-refractivity contribution is -0.122. The smallest absolute Gasteiger partial charge is 0.234 e. The van der Waals surface area contributed by atoms with Crippen molar-refractivity contribution in [2.75, 3.05) is 13.1 Å². The first kappa shape index (κ1) is 9.52. The molecule has 0 aromatic rings. The lowest BCUT2D eigenvalue weighted by Crippen LogP contribution is -2.53. The molecule has 3 heteroatoms. The number of carbonyl (C=O) groups excluding carboxylic acids is 1. The average molecular weight is 170 g/mol. The zero-order valence-corrected chi connectivity index (χ0v) is 8.11. The summed E-state index contributed by atoms with van der Waals surface area (Å²) >= 11 is 0. The minimum atomic E-state index is 0.121. The molecule has 0 saturated carbocycles. The van der Waals surface area contributed by atoms with Gasteiger partial charge in [0.2, 0.25) is 5.91 Å². The molecule has 0 aromatic carbocycles. The summed E-state index contributed by atoms with van der Waals surface area (Å²) in [6.07, 6.45) is 1.03. The third-order valence-electron chi connectivity index (χ3n) is 1.90. The maximum absolute atomic E-state index is 11.0. The van der Waals surface area contributed by atoms with Crippen LogP contribution in [0, 0.1) is 5.41 Å². The zero-order chi connectivity index (χ0) is 9.19. The van der Waals surface area contributed by atoms with Crippen LogP contribution in [0.1, 0.15) is 27.2 Å². The first-order valence-electron chi connectivity index (χ1n) is 4.47. The van der Waals surface area contributed by atoms with Crippen molar-refractivity contribution in [2.24, 2.45) is 5.41 Å². The molecular weight excluding hydrogens is 152 g/mol. The van der Waals surface area contributed by atoms with E-state index in [1.54, 1.807) is 0 Å². The third-order valence-corrected chi connectivity index (χ3v) is 1.90. The Hall–Kier alpha value is -0.570. The minimum Gasteiger partial charge on any atom is -0.351 e. The Labute approximate surface area is 73.9 Å². The first-order valence-corrected chi connectivity index (χ1v) is 4.47. The molecule has 1 unspecified atom stereocenters. The highest BCUT2D eigenvalue weighted by molar-refractivity contribution is 5.79. The van der Waals surface area contributed by atoms with Gasteiger partial charge in [0, 0.05) is 12.6 Å². The van der Waals surface area contributed by atoms with Gasteiger partial charge in [-0.15, -0.1) is 0 Å². The molecular formula is C9H18N2O. The number of nitrogens with one attached hydrogen (secondary N) is 2. The molecule has 1 fully saturated rings. The summed E-state index contributed by atoms with van der Waals surface area (Å²) in [7, 11) is 0. The molecule has 1 heterocycles. The van der Waals surface area contributed by atoms with Crippen LogP contribution in [0.5, 0.6) is 0 Å². The van der Waals surface area contributed by atoms with E-state index in [4.69, 9.17) is 0 Å². The second kappa shape index (κ2) is 3.44. The van der Waals surface area contributed by atoms with E-state index in [9.17, 15) is 4.79 Å². The summed E-state index contributed by atoms with van der Waals surface area (Å²) in [6, 6.07) is 0.311. The van der Waals surface area contributed by atoms with Crippen LogP contribution in [0.15, 0.2) is 0 Å². The maximum Gasteiger partial charge on any atom is 0.234 e. The predicted octanol–water partition coefficient (Wildman–Crippen LogP) is 0.511. The largest absolute Gasteiger partial charge is 0.351 e. The number of hydrogen-bond acceptors (Lipinski definition) is 2. The number of piperazine rings is 1. The van der Waals surface area contributed by atoms with Gasteiger partial charge in [0.25, 0.3) is 0 Å². The lowest BCUT2D eigenvalue weighted by atomic mass is 9.87. The van der Waals surface area contributed by atoms with Gasteiger partial charge >= 0.3 is 0 Å². The SMILES string of the molecule is CC(C)(C)CC1CNCC(=O)N1. The second-order valence-corrected chi connectivity index (χ2v) is 4.66. The molecule has 2 N–H and O–H groups in total. The fourth-order valence-corrected chi connectivity index (χ4v) is 1.55. The van der Waals surface area contributed by atoms with Crippen LogP contribution < -0.4 is 10.6 Å². The molecule has 12 heavy (non-hydrogen) atoms. The fourth-order valence-electron chi connectivity index (χ4n) is 1.55. The van der Waals surface area contributed by atoms with E-state index in [0.29, 0.717) is 12.6 Å². The number of carbonyl (C=O) groups is 1. The zero-order valence-electron chi connectivity index (χ0n) is 8.11. The van der Waals surface area contributed by atoms with Gasteiger partial charge in [0.15, 0.2) is 0 Å². The second-order valence-electron chi connectivity index (χ2n) is 4.66. The molecule has 0 radical (unpaired) electrons. The first-order chi connectivity index (χ1) is 5.47. The van der Waals surface area contributed by atoms with Crippen LogP contribution in [-0.4, -0.2) is 25.0 Å². The van der Waals surface area contributed by atoms with E-state index in [-0.39, 0.29) is 11.3 Å². The molecule has 0 aromatic heterocycles. The van der Waals surface area contributed by atoms with E-state index < -0.39 is 0 Å². The topological polar surface area (TPSA) is 41.1 Å². The normalized spacial score (nSPS) is 25.2. The van der Waals surface area contributed by atoms with Gasteiger partial charge in [-0.05, 0) is 11.8 Å². The van der Waals surface area contributed by atoms with Crippen molar-refractivity contribution >= 4 is 5.91 Å². The van der Waals surface area contributed by atoms with Crippen molar-refractivity contribution in [3.63, 3.8) is 0 Å². The maximum atomic E-state index is 11.0. The van der Waals surface area contributed by atoms with Crippen molar-refractivity contribution < 1.29 is 4.79 Å². The fraction of sp³-hybridized carbons (Fsp3) is 0.889. The highest BCUT2D eigenvalue weighted by atomic mass is 16.2. The highest BCUT2D eigenvalue weighted by Crippen LogP contribution is 2.20. The number of rotatable bonds is 1. The van der Waals surface area contributed by atoms with Gasteiger partial charge in [-0.25, -0.2) is 0 Å². The van der Waals surface area contributed by atoms with Crippen LogP contribution in [0.3, 0.4) is 0 Å². The van der Waals surface area contributed by atoms with E-state index in [1.807, 2.05) is 0 Å². The third kappa shape index (κ3) is 3.22. The molecule has 70 valence electrons. The number of amides is 1. The molecule has 3 nitrogen and oxygen atoms in total. The molecule has 1 amide bonds. The summed E-state index contributed by atoms with van der Waals surface area (Å²) in [5, 5.41) is 6.07. The lowest BCUT2D eigenvalue weighted by Gasteiger charge is -2.30. The van der Waals surface area contributed by atoms with Crippen LogP contribution >= 0.6 is 0 Å². The van der Waals surface area contributed by atoms with E-state index in [2.05, 4.69) is 31.4 Å². The Morgan fingerprint density at radius 3 is 2.67 bits per heavy atom. The van der Waals surface area contributed by atoms with Gasteiger partial charge in [-0.2, -0.15) is 0 Å². The Morgan fingerprint density at radius 1 is 1.50 bits per heavy atom. The summed E-state index contributed by atoms with van der Waals surface area (Å²) in [5.41, 5.74) is 0.289.